The highest BCUT2D eigenvalue weighted by Crippen LogP contribution is 2.37. The lowest BCUT2D eigenvalue weighted by Crippen LogP contribution is -2.39. The van der Waals surface area contributed by atoms with E-state index in [0.29, 0.717) is 38.1 Å². The van der Waals surface area contributed by atoms with Crippen molar-refractivity contribution in [2.24, 2.45) is 11.7 Å². The number of hydrogen-bond donors (Lipinski definition) is 3. The number of aromatic nitrogens is 1. The van der Waals surface area contributed by atoms with Gasteiger partial charge >= 0.3 is 0 Å². The molecule has 9 heteroatoms. The quantitative estimate of drug-likeness (QED) is 0.262. The summed E-state index contributed by atoms with van der Waals surface area (Å²) in [5.74, 6) is 0.520. The molecule has 0 spiro atoms. The Bertz CT molecular complexity index is 1410. The van der Waals surface area contributed by atoms with Crippen LogP contribution >= 0.6 is 0 Å². The summed E-state index contributed by atoms with van der Waals surface area (Å²) in [4.78, 5) is 15.4. The number of aromatic amines is 1. The highest BCUT2D eigenvalue weighted by atomic mass is 32.2. The zero-order valence-corrected chi connectivity index (χ0v) is 25.0. The van der Waals surface area contributed by atoms with E-state index < -0.39 is 10.0 Å². The zero-order chi connectivity index (χ0) is 28.9. The van der Waals surface area contributed by atoms with Gasteiger partial charge in [0.25, 0.3) is 0 Å². The van der Waals surface area contributed by atoms with Crippen LogP contribution in [0.15, 0.2) is 42.6 Å². The number of carbonyl (C=O) groups excluding carboxylic acids is 1. The second kappa shape index (κ2) is 13.3. The molecule has 1 saturated heterocycles. The first-order chi connectivity index (χ1) is 19.1. The number of amides is 1. The third-order valence-corrected chi connectivity index (χ3v) is 10.2. The third-order valence-electron chi connectivity index (χ3n) is 8.19. The topological polar surface area (TPSA) is 118 Å². The average Bonchev–Trinajstić information content (AvgIpc) is 3.36. The van der Waals surface area contributed by atoms with Crippen molar-refractivity contribution in [3.63, 3.8) is 0 Å². The minimum Gasteiger partial charge on any atom is -0.385 e. The molecule has 0 saturated carbocycles. The van der Waals surface area contributed by atoms with E-state index >= 15 is 0 Å². The maximum absolute atomic E-state index is 12.8. The third kappa shape index (κ3) is 7.32. The lowest BCUT2D eigenvalue weighted by Gasteiger charge is -2.31. The molecule has 0 unspecified atom stereocenters. The van der Waals surface area contributed by atoms with E-state index in [2.05, 4.69) is 67.5 Å². The Hall–Kier alpha value is -2.72. The number of nitrogens with two attached hydrogens (primary N) is 1. The van der Waals surface area contributed by atoms with Crippen LogP contribution in [-0.2, 0) is 32.5 Å². The molecule has 1 aromatic heterocycles. The molecule has 40 heavy (non-hydrogen) atoms. The van der Waals surface area contributed by atoms with E-state index in [0.717, 1.165) is 47.0 Å². The van der Waals surface area contributed by atoms with E-state index in [-0.39, 0.29) is 24.0 Å². The van der Waals surface area contributed by atoms with Crippen molar-refractivity contribution >= 4 is 26.8 Å². The molecule has 2 aromatic carbocycles. The largest absolute Gasteiger partial charge is 0.385 e. The number of H-pyrrole nitrogens is 1. The van der Waals surface area contributed by atoms with Gasteiger partial charge < -0.3 is 20.8 Å². The standard InChI is InChI=1S/C31H44N4O4S/c1-21(2)22(3)33-19-23-7-5-8-25(15-23)26-16-27(18-30(32)36)31-28(17-26)29(20-34-31)24-9-11-35(12-10-24)40(37,38)14-6-13-39-4/h5,7-8,15-17,20-22,24,33-34H,6,9-14,18-19H2,1-4H3,(H2,32,36)/t22-/m0/s1. The van der Waals surface area contributed by atoms with Gasteiger partial charge in [-0.1, -0.05) is 32.0 Å². The van der Waals surface area contributed by atoms with E-state index in [1.165, 1.54) is 11.1 Å². The lowest BCUT2D eigenvalue weighted by molar-refractivity contribution is -0.117. The fourth-order valence-electron chi connectivity index (χ4n) is 5.49. The number of methoxy groups -OCH3 is 1. The molecule has 1 aliphatic rings. The minimum atomic E-state index is -3.28. The van der Waals surface area contributed by atoms with Crippen molar-refractivity contribution < 1.29 is 17.9 Å². The Labute approximate surface area is 238 Å². The van der Waals surface area contributed by atoms with Gasteiger partial charge in [-0.2, -0.15) is 0 Å². The van der Waals surface area contributed by atoms with E-state index in [1.54, 1.807) is 11.4 Å². The average molecular weight is 569 g/mol. The molecule has 3 aromatic rings. The Balaban J connectivity index is 1.60. The molecule has 0 aliphatic carbocycles. The Morgan fingerprint density at radius 2 is 1.90 bits per heavy atom. The Morgan fingerprint density at radius 3 is 2.58 bits per heavy atom. The SMILES string of the molecule is COCCCS(=O)(=O)N1CCC(c2c[nH]c3c(CC(N)=O)cc(-c4cccc(CN[C@@H](C)C(C)C)c4)cc23)CC1. The Kier molecular flexibility index (Phi) is 10.1. The van der Waals surface area contributed by atoms with Crippen LogP contribution in [0.3, 0.4) is 0 Å². The monoisotopic (exact) mass is 568 g/mol. The summed E-state index contributed by atoms with van der Waals surface area (Å²) in [6, 6.07) is 13.2. The van der Waals surface area contributed by atoms with Crippen molar-refractivity contribution in [1.82, 2.24) is 14.6 Å². The number of piperidine rings is 1. The summed E-state index contributed by atoms with van der Waals surface area (Å²) < 4.78 is 32.2. The molecular weight excluding hydrogens is 524 g/mol. The summed E-state index contributed by atoms with van der Waals surface area (Å²) in [7, 11) is -1.70. The number of nitrogens with one attached hydrogen (secondary N) is 2. The van der Waals surface area contributed by atoms with Gasteiger partial charge in [0.05, 0.1) is 12.2 Å². The van der Waals surface area contributed by atoms with Crippen molar-refractivity contribution in [1.29, 1.82) is 0 Å². The van der Waals surface area contributed by atoms with Crippen molar-refractivity contribution in [3.05, 3.63) is 59.3 Å². The number of primary amides is 1. The minimum absolute atomic E-state index is 0.114. The van der Waals surface area contributed by atoms with Gasteiger partial charge in [0.1, 0.15) is 0 Å². The number of ether oxygens (including phenoxy) is 1. The number of benzene rings is 2. The summed E-state index contributed by atoms with van der Waals surface area (Å²) in [5.41, 5.74) is 11.9. The normalized spacial score (nSPS) is 16.1. The molecule has 4 N–H and O–H groups in total. The summed E-state index contributed by atoms with van der Waals surface area (Å²) in [6.45, 7) is 8.86. The highest BCUT2D eigenvalue weighted by molar-refractivity contribution is 7.89. The van der Waals surface area contributed by atoms with Crippen LogP contribution < -0.4 is 11.1 Å². The molecule has 1 aliphatic heterocycles. The first kappa shape index (κ1) is 30.2. The van der Waals surface area contributed by atoms with Gasteiger partial charge in [-0.25, -0.2) is 12.7 Å². The van der Waals surface area contributed by atoms with Crippen LogP contribution in [0.1, 0.15) is 62.6 Å². The predicted octanol–water partition coefficient (Wildman–Crippen LogP) is 4.54. The second-order valence-corrected chi connectivity index (χ2v) is 13.5. The first-order valence-corrected chi connectivity index (χ1v) is 15.9. The number of rotatable bonds is 13. The van der Waals surface area contributed by atoms with Gasteiger partial charge in [-0.15, -0.1) is 0 Å². The summed E-state index contributed by atoms with van der Waals surface area (Å²) in [5, 5.41) is 4.68. The van der Waals surface area contributed by atoms with Crippen molar-refractivity contribution in [2.45, 2.75) is 65.0 Å². The molecule has 1 fully saturated rings. The molecule has 218 valence electrons. The number of hydrogen-bond acceptors (Lipinski definition) is 5. The maximum Gasteiger partial charge on any atom is 0.221 e. The van der Waals surface area contributed by atoms with Crippen LogP contribution in [0.2, 0.25) is 0 Å². The van der Waals surface area contributed by atoms with E-state index in [1.807, 2.05) is 6.20 Å². The molecule has 2 heterocycles. The van der Waals surface area contributed by atoms with Gasteiger partial charge in [-0.3, -0.25) is 4.79 Å². The molecular formula is C31H44N4O4S. The van der Waals surface area contributed by atoms with Crippen molar-refractivity contribution in [2.75, 3.05) is 32.6 Å². The smallest absolute Gasteiger partial charge is 0.221 e. The Morgan fingerprint density at radius 1 is 1.15 bits per heavy atom. The van der Waals surface area contributed by atoms with Crippen LogP contribution in [0.25, 0.3) is 22.0 Å². The van der Waals surface area contributed by atoms with Crippen LogP contribution in [0.4, 0.5) is 0 Å². The number of fused-ring (bicyclic) bond motifs is 1. The molecule has 1 atom stereocenters. The van der Waals surface area contributed by atoms with Crippen LogP contribution in [0.5, 0.6) is 0 Å². The van der Waals surface area contributed by atoms with Gasteiger partial charge in [-0.05, 0) is 84.0 Å². The highest BCUT2D eigenvalue weighted by Gasteiger charge is 2.29. The lowest BCUT2D eigenvalue weighted by atomic mass is 9.88. The molecule has 0 radical (unpaired) electrons. The molecule has 4 rings (SSSR count). The molecule has 8 nitrogen and oxygen atoms in total. The molecule has 1 amide bonds. The zero-order valence-electron chi connectivity index (χ0n) is 24.2. The fourth-order valence-corrected chi connectivity index (χ4v) is 7.00. The summed E-state index contributed by atoms with van der Waals surface area (Å²) in [6.07, 6.45) is 4.18. The fraction of sp³-hybridized carbons (Fsp3) is 0.516. The van der Waals surface area contributed by atoms with Crippen LogP contribution in [-0.4, -0.2) is 62.2 Å². The molecule has 0 bridgehead atoms. The second-order valence-electron chi connectivity index (χ2n) is 11.4. The van der Waals surface area contributed by atoms with Gasteiger partial charge in [0.2, 0.25) is 15.9 Å². The van der Waals surface area contributed by atoms with Crippen molar-refractivity contribution in [3.8, 4) is 11.1 Å². The number of sulfonamides is 1. The van der Waals surface area contributed by atoms with Crippen LogP contribution in [0, 0.1) is 5.92 Å². The first-order valence-electron chi connectivity index (χ1n) is 14.3. The van der Waals surface area contributed by atoms with Gasteiger partial charge in [0.15, 0.2) is 0 Å². The number of nitrogens with zero attached hydrogens (tertiary/aromatic N) is 1. The van der Waals surface area contributed by atoms with E-state index in [9.17, 15) is 13.2 Å². The predicted molar refractivity (Wildman–Crippen MR) is 162 cm³/mol. The van der Waals surface area contributed by atoms with Gasteiger partial charge in [0, 0.05) is 56.5 Å². The maximum atomic E-state index is 12.8. The summed E-state index contributed by atoms with van der Waals surface area (Å²) >= 11 is 0. The van der Waals surface area contributed by atoms with E-state index in [4.69, 9.17) is 10.5 Å². The number of carbonyl (C=O) groups is 1.